The molecule has 0 fully saturated rings. The molecule has 1 aliphatic rings. The van der Waals surface area contributed by atoms with Crippen molar-refractivity contribution in [2.75, 3.05) is 12.4 Å². The molecule has 0 bridgehead atoms. The number of fused-ring (bicyclic) bond motifs is 1. The SMILES string of the molecule is CCC(CC)(OC)c1noc([C@@H]2Cc3ccccc3N2)n1. The second-order valence-corrected chi connectivity index (χ2v) is 5.42. The molecule has 1 N–H and O–H groups in total. The zero-order valence-electron chi connectivity index (χ0n) is 12.7. The molecule has 0 radical (unpaired) electrons. The summed E-state index contributed by atoms with van der Waals surface area (Å²) in [6, 6.07) is 8.32. The van der Waals surface area contributed by atoms with Crippen LogP contribution < -0.4 is 5.32 Å². The lowest BCUT2D eigenvalue weighted by Gasteiger charge is -2.25. The second-order valence-electron chi connectivity index (χ2n) is 5.42. The highest BCUT2D eigenvalue weighted by Gasteiger charge is 2.35. The van der Waals surface area contributed by atoms with Gasteiger partial charge in [0.2, 0.25) is 11.7 Å². The average Bonchev–Trinajstić information content (AvgIpc) is 3.16. The number of nitrogens with one attached hydrogen (secondary N) is 1. The van der Waals surface area contributed by atoms with E-state index in [4.69, 9.17) is 9.26 Å². The molecule has 2 heterocycles. The molecule has 1 aromatic heterocycles. The first kappa shape index (κ1) is 14.1. The first-order valence-corrected chi connectivity index (χ1v) is 7.46. The van der Waals surface area contributed by atoms with Crippen LogP contribution in [0.25, 0.3) is 0 Å². The highest BCUT2D eigenvalue weighted by molar-refractivity contribution is 5.56. The molecule has 5 heteroatoms. The minimum Gasteiger partial charge on any atom is -0.373 e. The Balaban J connectivity index is 1.84. The third-order valence-electron chi connectivity index (χ3n) is 4.45. The predicted molar refractivity (Wildman–Crippen MR) is 80.1 cm³/mol. The Hall–Kier alpha value is -1.88. The van der Waals surface area contributed by atoms with Gasteiger partial charge in [0.25, 0.3) is 0 Å². The number of benzene rings is 1. The second kappa shape index (κ2) is 5.48. The predicted octanol–water partition coefficient (Wildman–Crippen LogP) is 3.44. The number of ether oxygens (including phenoxy) is 1. The van der Waals surface area contributed by atoms with Gasteiger partial charge >= 0.3 is 0 Å². The zero-order valence-corrected chi connectivity index (χ0v) is 12.7. The lowest BCUT2D eigenvalue weighted by Crippen LogP contribution is -2.28. The van der Waals surface area contributed by atoms with Crippen LogP contribution in [0.4, 0.5) is 5.69 Å². The van der Waals surface area contributed by atoms with Gasteiger partial charge in [-0.1, -0.05) is 37.2 Å². The molecule has 1 aliphatic heterocycles. The summed E-state index contributed by atoms with van der Waals surface area (Å²) in [5, 5.41) is 7.59. The lowest BCUT2D eigenvalue weighted by molar-refractivity contribution is -0.0306. The lowest BCUT2D eigenvalue weighted by atomic mass is 9.96. The van der Waals surface area contributed by atoms with Crippen molar-refractivity contribution >= 4 is 5.69 Å². The van der Waals surface area contributed by atoms with E-state index in [1.54, 1.807) is 7.11 Å². The molecule has 3 rings (SSSR count). The standard InChI is InChI=1S/C16H21N3O2/c1-4-16(5-2,20-3)15-18-14(21-19-15)13-10-11-8-6-7-9-12(11)17-13/h6-9,13,17H,4-5,10H2,1-3H3/t13-/m0/s1. The Morgan fingerprint density at radius 1 is 1.33 bits per heavy atom. The van der Waals surface area contributed by atoms with Crippen LogP contribution in [0, 0.1) is 0 Å². The van der Waals surface area contributed by atoms with Gasteiger partial charge in [0, 0.05) is 19.2 Å². The molecule has 0 saturated heterocycles. The molecule has 0 saturated carbocycles. The first-order chi connectivity index (χ1) is 10.2. The average molecular weight is 287 g/mol. The Bertz CT molecular complexity index is 586. The van der Waals surface area contributed by atoms with Crippen molar-refractivity contribution in [3.05, 3.63) is 41.5 Å². The van der Waals surface area contributed by atoms with Gasteiger partial charge in [0.05, 0.1) is 0 Å². The third-order valence-corrected chi connectivity index (χ3v) is 4.45. The minimum atomic E-state index is -0.451. The van der Waals surface area contributed by atoms with Crippen molar-refractivity contribution < 1.29 is 9.26 Å². The van der Waals surface area contributed by atoms with E-state index >= 15 is 0 Å². The van der Waals surface area contributed by atoms with Gasteiger partial charge in [-0.2, -0.15) is 4.98 Å². The largest absolute Gasteiger partial charge is 0.373 e. The van der Waals surface area contributed by atoms with Crippen LogP contribution in [-0.4, -0.2) is 17.3 Å². The summed E-state index contributed by atoms with van der Waals surface area (Å²) < 4.78 is 11.1. The Morgan fingerprint density at radius 3 is 2.76 bits per heavy atom. The molecule has 2 aromatic rings. The molecular weight excluding hydrogens is 266 g/mol. The number of para-hydroxylation sites is 1. The molecule has 5 nitrogen and oxygen atoms in total. The van der Waals surface area contributed by atoms with Crippen LogP contribution in [0.3, 0.4) is 0 Å². The van der Waals surface area contributed by atoms with Crippen LogP contribution >= 0.6 is 0 Å². The summed E-state index contributed by atoms with van der Waals surface area (Å²) in [6.45, 7) is 4.15. The topological polar surface area (TPSA) is 60.2 Å². The van der Waals surface area contributed by atoms with Crippen molar-refractivity contribution in [1.29, 1.82) is 0 Å². The first-order valence-electron chi connectivity index (χ1n) is 7.46. The molecule has 1 atom stereocenters. The summed E-state index contributed by atoms with van der Waals surface area (Å²) in [7, 11) is 1.70. The van der Waals surface area contributed by atoms with Crippen molar-refractivity contribution in [3.8, 4) is 0 Å². The summed E-state index contributed by atoms with van der Waals surface area (Å²) in [5.41, 5.74) is 1.98. The van der Waals surface area contributed by atoms with E-state index in [1.165, 1.54) is 5.56 Å². The summed E-state index contributed by atoms with van der Waals surface area (Å²) in [6.07, 6.45) is 2.50. The Kier molecular flexibility index (Phi) is 3.68. The quantitative estimate of drug-likeness (QED) is 0.912. The number of rotatable bonds is 5. The van der Waals surface area contributed by atoms with Crippen LogP contribution in [0.1, 0.15) is 50.0 Å². The van der Waals surface area contributed by atoms with E-state index in [-0.39, 0.29) is 6.04 Å². The number of methoxy groups -OCH3 is 1. The summed E-state index contributed by atoms with van der Waals surface area (Å²) in [5.74, 6) is 1.27. The highest BCUT2D eigenvalue weighted by Crippen LogP contribution is 2.35. The van der Waals surface area contributed by atoms with E-state index in [0.717, 1.165) is 24.9 Å². The molecule has 0 amide bonds. The maximum Gasteiger partial charge on any atom is 0.249 e. The van der Waals surface area contributed by atoms with Gasteiger partial charge in [-0.15, -0.1) is 0 Å². The monoisotopic (exact) mass is 287 g/mol. The fraction of sp³-hybridized carbons (Fsp3) is 0.500. The summed E-state index contributed by atoms with van der Waals surface area (Å²) in [4.78, 5) is 4.60. The van der Waals surface area contributed by atoms with E-state index in [1.807, 2.05) is 12.1 Å². The molecular formula is C16H21N3O2. The molecule has 0 spiro atoms. The van der Waals surface area contributed by atoms with Crippen molar-refractivity contribution in [2.24, 2.45) is 0 Å². The highest BCUT2D eigenvalue weighted by atomic mass is 16.5. The van der Waals surface area contributed by atoms with Crippen LogP contribution in [0.5, 0.6) is 0 Å². The van der Waals surface area contributed by atoms with Gasteiger partial charge < -0.3 is 14.6 Å². The van der Waals surface area contributed by atoms with Crippen LogP contribution in [-0.2, 0) is 16.8 Å². The maximum absolute atomic E-state index is 5.65. The Morgan fingerprint density at radius 2 is 2.10 bits per heavy atom. The van der Waals surface area contributed by atoms with Crippen molar-refractivity contribution in [3.63, 3.8) is 0 Å². The number of aromatic nitrogens is 2. The molecule has 21 heavy (non-hydrogen) atoms. The Labute approximate surface area is 124 Å². The smallest absolute Gasteiger partial charge is 0.249 e. The van der Waals surface area contributed by atoms with E-state index in [0.29, 0.717) is 11.7 Å². The molecule has 0 unspecified atom stereocenters. The molecule has 0 aliphatic carbocycles. The van der Waals surface area contributed by atoms with Gasteiger partial charge in [-0.25, -0.2) is 0 Å². The zero-order chi connectivity index (χ0) is 14.9. The normalized spacial score (nSPS) is 17.6. The van der Waals surface area contributed by atoms with Crippen LogP contribution in [0.15, 0.2) is 28.8 Å². The third kappa shape index (κ3) is 2.31. The van der Waals surface area contributed by atoms with E-state index < -0.39 is 5.60 Å². The number of hydrogen-bond acceptors (Lipinski definition) is 5. The summed E-state index contributed by atoms with van der Waals surface area (Å²) >= 11 is 0. The van der Waals surface area contributed by atoms with Gasteiger partial charge in [-0.05, 0) is 24.5 Å². The number of anilines is 1. The molecule has 112 valence electrons. The number of nitrogens with zero attached hydrogens (tertiary/aromatic N) is 2. The van der Waals surface area contributed by atoms with E-state index in [2.05, 4.69) is 41.4 Å². The minimum absolute atomic E-state index is 0.0481. The maximum atomic E-state index is 5.65. The van der Waals surface area contributed by atoms with Gasteiger partial charge in [0.1, 0.15) is 11.6 Å². The molecule has 1 aromatic carbocycles. The van der Waals surface area contributed by atoms with E-state index in [9.17, 15) is 0 Å². The fourth-order valence-electron chi connectivity index (χ4n) is 2.95. The van der Waals surface area contributed by atoms with Crippen molar-refractivity contribution in [2.45, 2.75) is 44.8 Å². The number of hydrogen-bond donors (Lipinski definition) is 1. The van der Waals surface area contributed by atoms with Crippen LogP contribution in [0.2, 0.25) is 0 Å². The van der Waals surface area contributed by atoms with Gasteiger partial charge in [0.15, 0.2) is 0 Å². The van der Waals surface area contributed by atoms with Crippen molar-refractivity contribution in [1.82, 2.24) is 10.1 Å². The fourth-order valence-corrected chi connectivity index (χ4v) is 2.95. The van der Waals surface area contributed by atoms with Gasteiger partial charge in [-0.3, -0.25) is 0 Å².